The van der Waals surface area contributed by atoms with E-state index in [1.54, 1.807) is 32.0 Å². The van der Waals surface area contributed by atoms with E-state index in [-0.39, 0.29) is 30.2 Å². The molecule has 150 valence electrons. The molecule has 0 atom stereocenters. The number of hydrogen-bond donors (Lipinski definition) is 2. The summed E-state index contributed by atoms with van der Waals surface area (Å²) in [4.78, 5) is 24.8. The summed E-state index contributed by atoms with van der Waals surface area (Å²) in [6, 6.07) is 6.30. The molecule has 7 heteroatoms. The van der Waals surface area contributed by atoms with Gasteiger partial charge in [-0.15, -0.1) is 0 Å². The largest absolute Gasteiger partial charge is 0.390 e. The zero-order valence-corrected chi connectivity index (χ0v) is 16.6. The number of nitrogens with zero attached hydrogens (tertiary/aromatic N) is 2. The van der Waals surface area contributed by atoms with E-state index in [1.807, 2.05) is 13.8 Å². The summed E-state index contributed by atoms with van der Waals surface area (Å²) in [7, 11) is 0. The van der Waals surface area contributed by atoms with E-state index in [0.717, 1.165) is 4.68 Å². The number of carbonyl (C=O) groups excluding carboxylic acids is 1. The molecule has 1 aliphatic carbocycles. The number of carbonyl (C=O) groups is 1. The van der Waals surface area contributed by atoms with Crippen LogP contribution in [0.2, 0.25) is 0 Å². The first-order valence-electron chi connectivity index (χ1n) is 9.46. The molecule has 0 bridgehead atoms. The Bertz CT molecular complexity index is 958. The first-order chi connectivity index (χ1) is 13.1. The molecule has 1 aliphatic rings. The standard InChI is InChI=1S/C21H26FN3O3/c1-12(2)20-16(15-7-5-6-13(3)19(15)22)8-18(27)25(24-20)11-17(26)23-14-9-21(4,28)10-14/h5-8,12,14,28H,9-11H2,1-4H3,(H,23,26). The molecule has 1 aromatic heterocycles. The van der Waals surface area contributed by atoms with Crippen molar-refractivity contribution < 1.29 is 14.3 Å². The minimum Gasteiger partial charge on any atom is -0.390 e. The van der Waals surface area contributed by atoms with Crippen LogP contribution in [-0.2, 0) is 11.3 Å². The number of nitrogens with one attached hydrogen (secondary N) is 1. The fourth-order valence-corrected chi connectivity index (χ4v) is 3.63. The van der Waals surface area contributed by atoms with Gasteiger partial charge in [0.05, 0.1) is 11.3 Å². The molecule has 1 aromatic carbocycles. The summed E-state index contributed by atoms with van der Waals surface area (Å²) in [5.41, 5.74) is 0.637. The van der Waals surface area contributed by atoms with Crippen LogP contribution in [0.3, 0.4) is 0 Å². The van der Waals surface area contributed by atoms with E-state index in [9.17, 15) is 19.1 Å². The Morgan fingerprint density at radius 3 is 2.68 bits per heavy atom. The van der Waals surface area contributed by atoms with E-state index >= 15 is 0 Å². The van der Waals surface area contributed by atoms with Gasteiger partial charge in [0, 0.05) is 23.2 Å². The van der Waals surface area contributed by atoms with Crippen LogP contribution < -0.4 is 10.9 Å². The zero-order chi connectivity index (χ0) is 20.6. The van der Waals surface area contributed by atoms with Gasteiger partial charge in [-0.3, -0.25) is 9.59 Å². The number of rotatable bonds is 5. The van der Waals surface area contributed by atoms with Crippen molar-refractivity contribution in [2.75, 3.05) is 0 Å². The Labute approximate surface area is 163 Å². The molecule has 0 aliphatic heterocycles. The summed E-state index contributed by atoms with van der Waals surface area (Å²) in [5.74, 6) is -0.774. The first kappa shape index (κ1) is 20.2. The van der Waals surface area contributed by atoms with E-state index in [0.29, 0.717) is 35.2 Å². The lowest BCUT2D eigenvalue weighted by molar-refractivity contribution is -0.125. The number of aliphatic hydroxyl groups is 1. The van der Waals surface area contributed by atoms with Gasteiger partial charge in [0.15, 0.2) is 0 Å². The van der Waals surface area contributed by atoms with Gasteiger partial charge in [-0.05, 0) is 38.2 Å². The molecule has 2 N–H and O–H groups in total. The number of amides is 1. The molecule has 0 radical (unpaired) electrons. The molecule has 6 nitrogen and oxygen atoms in total. The molecule has 1 amide bonds. The third kappa shape index (κ3) is 4.14. The predicted molar refractivity (Wildman–Crippen MR) is 105 cm³/mol. The van der Waals surface area contributed by atoms with Crippen LogP contribution in [0.15, 0.2) is 29.1 Å². The number of hydrogen-bond acceptors (Lipinski definition) is 4. The molecular formula is C21H26FN3O3. The minimum absolute atomic E-state index is 0.0634. The van der Waals surface area contributed by atoms with E-state index in [1.165, 1.54) is 6.07 Å². The molecule has 1 heterocycles. The predicted octanol–water partition coefficient (Wildman–Crippen LogP) is 2.51. The lowest BCUT2D eigenvalue weighted by Gasteiger charge is -2.41. The first-order valence-corrected chi connectivity index (χ1v) is 9.46. The van der Waals surface area contributed by atoms with Gasteiger partial charge in [-0.1, -0.05) is 32.0 Å². The summed E-state index contributed by atoms with van der Waals surface area (Å²) in [6.07, 6.45) is 0.980. The minimum atomic E-state index is -0.739. The van der Waals surface area contributed by atoms with Crippen LogP contribution in [0.1, 0.15) is 50.8 Å². The number of halogens is 1. The molecular weight excluding hydrogens is 361 g/mol. The summed E-state index contributed by atoms with van der Waals surface area (Å²) in [6.45, 7) is 6.99. The normalized spacial score (nSPS) is 21.5. The highest BCUT2D eigenvalue weighted by atomic mass is 19.1. The number of aromatic nitrogens is 2. The average molecular weight is 387 g/mol. The fourth-order valence-electron chi connectivity index (χ4n) is 3.63. The second-order valence-electron chi connectivity index (χ2n) is 8.20. The summed E-state index contributed by atoms with van der Waals surface area (Å²) in [5, 5.41) is 16.9. The van der Waals surface area contributed by atoms with Crippen LogP contribution in [-0.4, -0.2) is 32.4 Å². The lowest BCUT2D eigenvalue weighted by Crippen LogP contribution is -2.54. The highest BCUT2D eigenvalue weighted by molar-refractivity contribution is 5.76. The quantitative estimate of drug-likeness (QED) is 0.826. The fraction of sp³-hybridized carbons (Fsp3) is 0.476. The van der Waals surface area contributed by atoms with Crippen molar-refractivity contribution in [3.05, 3.63) is 51.7 Å². The maximum absolute atomic E-state index is 14.6. The average Bonchev–Trinajstić information content (AvgIpc) is 2.57. The molecule has 0 unspecified atom stereocenters. The topological polar surface area (TPSA) is 84.2 Å². The molecule has 0 spiro atoms. The van der Waals surface area contributed by atoms with E-state index in [4.69, 9.17) is 0 Å². The van der Waals surface area contributed by atoms with Gasteiger partial charge in [0.25, 0.3) is 5.56 Å². The van der Waals surface area contributed by atoms with Gasteiger partial charge in [-0.2, -0.15) is 5.10 Å². The van der Waals surface area contributed by atoms with Gasteiger partial charge >= 0.3 is 0 Å². The van der Waals surface area contributed by atoms with Gasteiger partial charge < -0.3 is 10.4 Å². The van der Waals surface area contributed by atoms with Crippen LogP contribution in [0.4, 0.5) is 4.39 Å². The monoisotopic (exact) mass is 387 g/mol. The maximum Gasteiger partial charge on any atom is 0.267 e. The molecule has 0 saturated heterocycles. The number of aryl methyl sites for hydroxylation is 1. The van der Waals surface area contributed by atoms with E-state index in [2.05, 4.69) is 10.4 Å². The third-order valence-corrected chi connectivity index (χ3v) is 5.09. The number of benzene rings is 1. The van der Waals surface area contributed by atoms with E-state index < -0.39 is 11.2 Å². The van der Waals surface area contributed by atoms with Gasteiger partial charge in [-0.25, -0.2) is 9.07 Å². The smallest absolute Gasteiger partial charge is 0.267 e. The highest BCUT2D eigenvalue weighted by Gasteiger charge is 2.39. The lowest BCUT2D eigenvalue weighted by atomic mass is 9.77. The van der Waals surface area contributed by atoms with Crippen LogP contribution in [0.25, 0.3) is 11.1 Å². The Kier molecular flexibility index (Phi) is 5.39. The van der Waals surface area contributed by atoms with Crippen molar-refractivity contribution in [3.63, 3.8) is 0 Å². The third-order valence-electron chi connectivity index (χ3n) is 5.09. The molecule has 1 saturated carbocycles. The second kappa shape index (κ2) is 7.47. The van der Waals surface area contributed by atoms with Crippen molar-refractivity contribution in [2.45, 2.75) is 64.6 Å². The Balaban J connectivity index is 1.88. The summed E-state index contributed by atoms with van der Waals surface area (Å²) < 4.78 is 15.7. The maximum atomic E-state index is 14.6. The van der Waals surface area contributed by atoms with Crippen LogP contribution in [0, 0.1) is 12.7 Å². The van der Waals surface area contributed by atoms with Gasteiger partial charge in [0.2, 0.25) is 5.91 Å². The van der Waals surface area contributed by atoms with Crippen molar-refractivity contribution in [3.8, 4) is 11.1 Å². The zero-order valence-electron chi connectivity index (χ0n) is 16.6. The van der Waals surface area contributed by atoms with Crippen molar-refractivity contribution >= 4 is 5.91 Å². The summed E-state index contributed by atoms with van der Waals surface area (Å²) >= 11 is 0. The van der Waals surface area contributed by atoms with Crippen molar-refractivity contribution in [1.82, 2.24) is 15.1 Å². The van der Waals surface area contributed by atoms with Gasteiger partial charge in [0.1, 0.15) is 12.4 Å². The van der Waals surface area contributed by atoms with Crippen molar-refractivity contribution in [2.24, 2.45) is 0 Å². The SMILES string of the molecule is Cc1cccc(-c2cc(=O)n(CC(=O)NC3CC(C)(O)C3)nc2C(C)C)c1F. The highest BCUT2D eigenvalue weighted by Crippen LogP contribution is 2.31. The second-order valence-corrected chi connectivity index (χ2v) is 8.20. The van der Waals surface area contributed by atoms with Crippen LogP contribution in [0.5, 0.6) is 0 Å². The molecule has 1 fully saturated rings. The van der Waals surface area contributed by atoms with Crippen molar-refractivity contribution in [1.29, 1.82) is 0 Å². The van der Waals surface area contributed by atoms with Crippen LogP contribution >= 0.6 is 0 Å². The Morgan fingerprint density at radius 1 is 1.39 bits per heavy atom. The molecule has 2 aromatic rings. The molecule has 3 rings (SSSR count). The Hall–Kier alpha value is -2.54. The molecule has 28 heavy (non-hydrogen) atoms. The Morgan fingerprint density at radius 2 is 2.07 bits per heavy atom.